The third kappa shape index (κ3) is 12.0. The van der Waals surface area contributed by atoms with Gasteiger partial charge in [0.2, 0.25) is 0 Å². The zero-order chi connectivity index (χ0) is 15.2. The number of aliphatic hydroxyl groups excluding tert-OH is 3. The van der Waals surface area contributed by atoms with Crippen LogP contribution in [-0.2, 0) is 26.2 Å². The molecule has 0 aliphatic rings. The molecule has 0 amide bonds. The van der Waals surface area contributed by atoms with Crippen LogP contribution in [0.4, 0.5) is 0 Å². The topological polar surface area (TPSA) is 80.9 Å². The third-order valence-corrected chi connectivity index (χ3v) is 8.32. The molecule has 0 aromatic rings. The van der Waals surface area contributed by atoms with Crippen LogP contribution in [0.2, 0.25) is 16.6 Å². The minimum Gasteiger partial charge on any atom is -0.431 e. The monoisotopic (exact) mass is 360 g/mol. The summed E-state index contributed by atoms with van der Waals surface area (Å²) in [5, 5.41) is 21.0. The summed E-state index contributed by atoms with van der Waals surface area (Å²) in [6.07, 6.45) is 0. The van der Waals surface area contributed by atoms with Gasteiger partial charge < -0.3 is 20.1 Å². The molecule has 6 heteroatoms. The Labute approximate surface area is 134 Å². The molecule has 4 N–H and O–H groups in total. The molecule has 0 fully saturated rings. The predicted molar refractivity (Wildman–Crippen MR) is 77.7 cm³/mol. The van der Waals surface area contributed by atoms with Gasteiger partial charge in [0.05, 0.1) is 0 Å². The summed E-state index contributed by atoms with van der Waals surface area (Å²) < 4.78 is 0. The van der Waals surface area contributed by atoms with Gasteiger partial charge in [0.25, 0.3) is 0 Å². The van der Waals surface area contributed by atoms with E-state index < -0.39 is 8.32 Å². The molecule has 0 saturated carbocycles. The zero-order valence-corrected chi connectivity index (χ0v) is 17.0. The molecule has 114 valence electrons. The van der Waals surface area contributed by atoms with Crippen LogP contribution < -0.4 is 0 Å². The van der Waals surface area contributed by atoms with Crippen molar-refractivity contribution >= 4 is 8.32 Å². The summed E-state index contributed by atoms with van der Waals surface area (Å²) in [6, 6.07) is 0. The van der Waals surface area contributed by atoms with Crippen molar-refractivity contribution in [3.63, 3.8) is 0 Å². The van der Waals surface area contributed by atoms with E-state index in [1.807, 2.05) is 0 Å². The average Bonchev–Trinajstić information content (AvgIpc) is 2.34. The van der Waals surface area contributed by atoms with E-state index in [9.17, 15) is 4.80 Å². The molecule has 0 spiro atoms. The van der Waals surface area contributed by atoms with Crippen LogP contribution in [0.1, 0.15) is 41.5 Å². The maximum atomic E-state index is 10.4. The van der Waals surface area contributed by atoms with E-state index in [0.29, 0.717) is 16.6 Å². The normalized spacial score (nSPS) is 9.33. The fourth-order valence-electron chi connectivity index (χ4n) is 2.00. The Morgan fingerprint density at radius 2 is 0.667 bits per heavy atom. The quantitative estimate of drug-likeness (QED) is 0.579. The van der Waals surface area contributed by atoms with Crippen molar-refractivity contribution in [2.45, 2.75) is 58.2 Å². The van der Waals surface area contributed by atoms with Crippen LogP contribution in [0.25, 0.3) is 0 Å². The minimum absolute atomic E-state index is 0. The summed E-state index contributed by atoms with van der Waals surface area (Å²) >= 11 is 0. The number of aliphatic hydroxyl groups is 3. The van der Waals surface area contributed by atoms with Crippen molar-refractivity contribution in [2.75, 3.05) is 21.3 Å². The van der Waals surface area contributed by atoms with E-state index in [-0.39, 0.29) is 26.2 Å². The number of hydrogen-bond donors (Lipinski definition) is 4. The van der Waals surface area contributed by atoms with E-state index >= 15 is 0 Å². The Bertz CT molecular complexity index is 111. The van der Waals surface area contributed by atoms with Crippen LogP contribution in [0.5, 0.6) is 0 Å². The zero-order valence-electron chi connectivity index (χ0n) is 13.5. The van der Waals surface area contributed by atoms with Gasteiger partial charge in [-0.2, -0.15) is 0 Å². The fraction of sp³-hybridized carbons (Fsp3) is 1.00. The predicted octanol–water partition coefficient (Wildman–Crippen LogP) is 1.98. The molecule has 4 nitrogen and oxygen atoms in total. The van der Waals surface area contributed by atoms with Gasteiger partial charge in [0.15, 0.2) is 8.32 Å². The largest absolute Gasteiger partial charge is 0.431 e. The summed E-state index contributed by atoms with van der Waals surface area (Å²) in [4.78, 5) is 10.4. The first-order chi connectivity index (χ1) is 7.83. The van der Waals surface area contributed by atoms with Gasteiger partial charge in [-0.25, -0.2) is 0 Å². The van der Waals surface area contributed by atoms with Gasteiger partial charge in [0, 0.05) is 47.5 Å². The molecule has 0 aromatic heterocycles. The standard InChI is InChI=1S/C9H22OSi.3CH4O.Zr/c1-7(2)11(10,8(3)4)9(5)6;3*1-2;/h7-10H,1-6H3;3*2H,1H3;. The molecule has 0 rings (SSSR count). The van der Waals surface area contributed by atoms with Crippen LogP contribution in [0, 0.1) is 0 Å². The van der Waals surface area contributed by atoms with Gasteiger partial charge >= 0.3 is 0 Å². The SMILES string of the molecule is CC(C)[Si](O)(C(C)C)C(C)C.CO.CO.CO.[Zr]. The Morgan fingerprint density at radius 1 is 0.556 bits per heavy atom. The average molecular weight is 362 g/mol. The summed E-state index contributed by atoms with van der Waals surface area (Å²) in [6.45, 7) is 12.9. The van der Waals surface area contributed by atoms with Crippen molar-refractivity contribution in [3.05, 3.63) is 0 Å². The molecule has 0 radical (unpaired) electrons. The molecule has 0 saturated heterocycles. The second kappa shape index (κ2) is 20.3. The second-order valence-electron chi connectivity index (χ2n) is 4.35. The molecule has 0 aliphatic heterocycles. The molecular formula is C12H34O4SiZr. The first-order valence-corrected chi connectivity index (χ1v) is 8.07. The number of rotatable bonds is 3. The summed E-state index contributed by atoms with van der Waals surface area (Å²) in [5.41, 5.74) is 1.42. The van der Waals surface area contributed by atoms with Crippen LogP contribution in [-0.4, -0.2) is 49.8 Å². The summed E-state index contributed by atoms with van der Waals surface area (Å²) in [7, 11) is 1.02. The third-order valence-electron chi connectivity index (χ3n) is 2.77. The van der Waals surface area contributed by atoms with E-state index in [2.05, 4.69) is 41.5 Å². The molecule has 0 bridgehead atoms. The smallest absolute Gasteiger partial charge is 0.196 e. The molecule has 0 aliphatic carbocycles. The first-order valence-electron chi connectivity index (χ1n) is 5.90. The first kappa shape index (κ1) is 31.4. The Kier molecular flexibility index (Phi) is 35.3. The molecule has 0 heterocycles. The van der Waals surface area contributed by atoms with Crippen LogP contribution >= 0.6 is 0 Å². The maximum Gasteiger partial charge on any atom is 0.196 e. The van der Waals surface area contributed by atoms with E-state index in [0.717, 1.165) is 21.3 Å². The van der Waals surface area contributed by atoms with Gasteiger partial charge in [-0.1, -0.05) is 41.5 Å². The van der Waals surface area contributed by atoms with Crippen LogP contribution in [0.15, 0.2) is 0 Å². The molecule has 0 unspecified atom stereocenters. The molecule has 18 heavy (non-hydrogen) atoms. The Morgan fingerprint density at radius 3 is 0.667 bits per heavy atom. The fourth-order valence-corrected chi connectivity index (χ4v) is 6.00. The molecule has 0 aromatic carbocycles. The molecular weight excluding hydrogens is 327 g/mol. The number of hydrogen-bond acceptors (Lipinski definition) is 4. The van der Waals surface area contributed by atoms with Crippen molar-refractivity contribution in [2.24, 2.45) is 0 Å². The second-order valence-corrected chi connectivity index (χ2v) is 9.59. The molecule has 0 atom stereocenters. The van der Waals surface area contributed by atoms with Crippen LogP contribution in [0.3, 0.4) is 0 Å². The van der Waals surface area contributed by atoms with Crippen molar-refractivity contribution in [3.8, 4) is 0 Å². The summed E-state index contributed by atoms with van der Waals surface area (Å²) in [5.74, 6) is 0. The van der Waals surface area contributed by atoms with Gasteiger partial charge in [-0.3, -0.25) is 0 Å². The van der Waals surface area contributed by atoms with Crippen molar-refractivity contribution in [1.29, 1.82) is 0 Å². The maximum absolute atomic E-state index is 10.4. The Balaban J connectivity index is -0.0000000700. The van der Waals surface area contributed by atoms with Crippen molar-refractivity contribution in [1.82, 2.24) is 0 Å². The minimum atomic E-state index is -1.98. The van der Waals surface area contributed by atoms with E-state index in [1.165, 1.54) is 0 Å². The van der Waals surface area contributed by atoms with Gasteiger partial charge in [-0.15, -0.1) is 0 Å². The van der Waals surface area contributed by atoms with Gasteiger partial charge in [-0.05, 0) is 16.6 Å². The van der Waals surface area contributed by atoms with E-state index in [4.69, 9.17) is 15.3 Å². The Hall–Kier alpha value is 0.940. The van der Waals surface area contributed by atoms with Crippen molar-refractivity contribution < 1.29 is 46.3 Å². The van der Waals surface area contributed by atoms with E-state index in [1.54, 1.807) is 0 Å². The van der Waals surface area contributed by atoms with Gasteiger partial charge in [0.1, 0.15) is 0 Å².